The van der Waals surface area contributed by atoms with Crippen molar-refractivity contribution in [1.29, 1.82) is 0 Å². The second-order valence-corrected chi connectivity index (χ2v) is 8.00. The van der Waals surface area contributed by atoms with Gasteiger partial charge in [0, 0.05) is 55.4 Å². The second kappa shape index (κ2) is 8.03. The van der Waals surface area contributed by atoms with Crippen LogP contribution in [-0.2, 0) is 13.2 Å². The van der Waals surface area contributed by atoms with E-state index in [9.17, 15) is 18.0 Å². The molecule has 0 saturated carbocycles. The summed E-state index contributed by atoms with van der Waals surface area (Å²) >= 11 is 0. The third-order valence-electron chi connectivity index (χ3n) is 5.69. The highest BCUT2D eigenvalue weighted by Crippen LogP contribution is 2.38. The van der Waals surface area contributed by atoms with Gasteiger partial charge in [-0.2, -0.15) is 18.3 Å². The van der Waals surface area contributed by atoms with Crippen LogP contribution in [0.1, 0.15) is 18.4 Å². The maximum absolute atomic E-state index is 13.8. The first-order valence-electron chi connectivity index (χ1n) is 10.4. The van der Waals surface area contributed by atoms with E-state index in [1.807, 2.05) is 0 Å². The van der Waals surface area contributed by atoms with E-state index in [4.69, 9.17) is 0 Å². The molecule has 0 aliphatic carbocycles. The first kappa shape index (κ1) is 21.2. The molecule has 9 nitrogen and oxygen atoms in total. The number of hydrogen-bond acceptors (Lipinski definition) is 6. The molecule has 0 amide bonds. The van der Waals surface area contributed by atoms with Crippen molar-refractivity contribution in [3.8, 4) is 16.9 Å². The van der Waals surface area contributed by atoms with Gasteiger partial charge in [0.1, 0.15) is 11.1 Å². The van der Waals surface area contributed by atoms with Gasteiger partial charge < -0.3 is 15.6 Å². The number of H-pyrrole nitrogens is 1. The number of nitrogens with one attached hydrogen (secondary N) is 3. The van der Waals surface area contributed by atoms with Crippen LogP contribution in [-0.4, -0.2) is 48.4 Å². The Morgan fingerprint density at radius 1 is 1.27 bits per heavy atom. The Labute approximate surface area is 185 Å². The SMILES string of the molecule is Cn1cc(-n2ccc3c(-c4nc(N[C@H]5CCCNC5)ncc4C(F)(F)F)c[nH]c3c2=O)cn1. The van der Waals surface area contributed by atoms with Gasteiger partial charge in [0.15, 0.2) is 0 Å². The van der Waals surface area contributed by atoms with Crippen LogP contribution in [0.15, 0.2) is 41.8 Å². The molecular formula is C21H21F3N8O. The molecule has 1 atom stereocenters. The maximum atomic E-state index is 13.8. The van der Waals surface area contributed by atoms with E-state index in [-0.39, 0.29) is 28.8 Å². The largest absolute Gasteiger partial charge is 0.419 e. The summed E-state index contributed by atoms with van der Waals surface area (Å²) < 4.78 is 44.3. The Morgan fingerprint density at radius 2 is 2.12 bits per heavy atom. The molecule has 0 unspecified atom stereocenters. The van der Waals surface area contributed by atoms with Crippen LogP contribution < -0.4 is 16.2 Å². The van der Waals surface area contributed by atoms with Gasteiger partial charge in [0.05, 0.1) is 17.6 Å². The van der Waals surface area contributed by atoms with Crippen molar-refractivity contribution in [3.63, 3.8) is 0 Å². The number of pyridine rings is 1. The van der Waals surface area contributed by atoms with E-state index < -0.39 is 17.3 Å². The molecule has 1 fully saturated rings. The molecule has 5 rings (SSSR count). The molecule has 4 aromatic rings. The molecule has 1 saturated heterocycles. The normalized spacial score (nSPS) is 16.9. The minimum atomic E-state index is -4.66. The van der Waals surface area contributed by atoms with Gasteiger partial charge in [-0.05, 0) is 25.5 Å². The van der Waals surface area contributed by atoms with Crippen LogP contribution in [0.3, 0.4) is 0 Å². The lowest BCUT2D eigenvalue weighted by atomic mass is 10.1. The number of halogens is 3. The summed E-state index contributed by atoms with van der Waals surface area (Å²) in [5.41, 5.74) is -0.748. The summed E-state index contributed by atoms with van der Waals surface area (Å²) in [5, 5.41) is 10.8. The summed E-state index contributed by atoms with van der Waals surface area (Å²) in [6.45, 7) is 1.59. The average Bonchev–Trinajstić information content (AvgIpc) is 3.41. The number of piperidine rings is 1. The van der Waals surface area contributed by atoms with Crippen molar-refractivity contribution in [2.45, 2.75) is 25.1 Å². The van der Waals surface area contributed by atoms with Gasteiger partial charge in [0.25, 0.3) is 5.56 Å². The van der Waals surface area contributed by atoms with Crippen molar-refractivity contribution in [3.05, 3.63) is 53.0 Å². The van der Waals surface area contributed by atoms with Crippen LogP contribution in [0.2, 0.25) is 0 Å². The van der Waals surface area contributed by atoms with Crippen molar-refractivity contribution in [2.24, 2.45) is 7.05 Å². The van der Waals surface area contributed by atoms with Crippen LogP contribution in [0.5, 0.6) is 0 Å². The summed E-state index contributed by atoms with van der Waals surface area (Å²) in [5.74, 6) is 0.116. The number of rotatable bonds is 4. The molecule has 5 heterocycles. The summed E-state index contributed by atoms with van der Waals surface area (Å²) in [4.78, 5) is 24.0. The van der Waals surface area contributed by atoms with Crippen molar-refractivity contribution in [2.75, 3.05) is 18.4 Å². The summed E-state index contributed by atoms with van der Waals surface area (Å²) in [6.07, 6.45) is 4.04. The summed E-state index contributed by atoms with van der Waals surface area (Å²) in [6, 6.07) is 1.62. The fourth-order valence-electron chi connectivity index (χ4n) is 4.08. The van der Waals surface area contributed by atoms with Crippen molar-refractivity contribution >= 4 is 16.9 Å². The highest BCUT2D eigenvalue weighted by Gasteiger charge is 2.36. The first-order chi connectivity index (χ1) is 15.8. The number of nitrogens with zero attached hydrogens (tertiary/aromatic N) is 5. The molecule has 3 N–H and O–H groups in total. The molecular weight excluding hydrogens is 437 g/mol. The zero-order chi connectivity index (χ0) is 23.2. The number of aromatic nitrogens is 6. The maximum Gasteiger partial charge on any atom is 0.419 e. The smallest absolute Gasteiger partial charge is 0.356 e. The fourth-order valence-corrected chi connectivity index (χ4v) is 4.08. The van der Waals surface area contributed by atoms with E-state index in [2.05, 4.69) is 30.7 Å². The number of alkyl halides is 3. The standard InChI is InChI=1S/C21H21F3N8O/c1-31-11-13(8-28-31)32-6-4-14-15(9-26-18(14)19(32)33)17-16(21(22,23)24)10-27-20(30-17)29-12-3-2-5-25-7-12/h4,6,8-12,25-26H,2-3,5,7H2,1H3,(H,27,29,30)/t12-/m0/s1. The van der Waals surface area contributed by atoms with E-state index >= 15 is 0 Å². The highest BCUT2D eigenvalue weighted by atomic mass is 19.4. The number of hydrogen-bond donors (Lipinski definition) is 3. The number of aryl methyl sites for hydroxylation is 1. The zero-order valence-corrected chi connectivity index (χ0v) is 17.6. The molecule has 1 aliphatic rings. The molecule has 33 heavy (non-hydrogen) atoms. The Morgan fingerprint density at radius 3 is 2.82 bits per heavy atom. The third-order valence-corrected chi connectivity index (χ3v) is 5.69. The lowest BCUT2D eigenvalue weighted by Gasteiger charge is -2.24. The molecule has 0 bridgehead atoms. The Balaban J connectivity index is 1.61. The van der Waals surface area contributed by atoms with E-state index in [0.717, 1.165) is 25.6 Å². The predicted molar refractivity (Wildman–Crippen MR) is 116 cm³/mol. The van der Waals surface area contributed by atoms with Gasteiger partial charge in [-0.1, -0.05) is 0 Å². The second-order valence-electron chi connectivity index (χ2n) is 8.00. The minimum Gasteiger partial charge on any atom is -0.356 e. The molecule has 0 spiro atoms. The third kappa shape index (κ3) is 3.97. The topological polar surface area (TPSA) is 105 Å². The van der Waals surface area contributed by atoms with Gasteiger partial charge in [-0.15, -0.1) is 0 Å². The number of anilines is 1. The van der Waals surface area contributed by atoms with Gasteiger partial charge >= 0.3 is 6.18 Å². The molecule has 0 aromatic carbocycles. The molecule has 172 valence electrons. The summed E-state index contributed by atoms with van der Waals surface area (Å²) in [7, 11) is 1.72. The molecule has 4 aromatic heterocycles. The number of aromatic amines is 1. The minimum absolute atomic E-state index is 0.0259. The van der Waals surface area contributed by atoms with Gasteiger partial charge in [-0.25, -0.2) is 9.97 Å². The quantitative estimate of drug-likeness (QED) is 0.434. The van der Waals surface area contributed by atoms with E-state index in [1.165, 1.54) is 23.2 Å². The lowest BCUT2D eigenvalue weighted by Crippen LogP contribution is -2.38. The fraction of sp³-hybridized carbons (Fsp3) is 0.333. The Kier molecular flexibility index (Phi) is 5.16. The average molecular weight is 458 g/mol. The number of fused-ring (bicyclic) bond motifs is 1. The lowest BCUT2D eigenvalue weighted by molar-refractivity contribution is -0.137. The van der Waals surface area contributed by atoms with Gasteiger partial charge in [0.2, 0.25) is 5.95 Å². The van der Waals surface area contributed by atoms with Crippen LogP contribution in [0.25, 0.3) is 27.8 Å². The van der Waals surface area contributed by atoms with Crippen molar-refractivity contribution < 1.29 is 13.2 Å². The Hall–Kier alpha value is -3.67. The molecule has 12 heteroatoms. The highest BCUT2D eigenvalue weighted by molar-refractivity contribution is 5.95. The molecule has 0 radical (unpaired) electrons. The van der Waals surface area contributed by atoms with Crippen molar-refractivity contribution in [1.82, 2.24) is 34.6 Å². The van der Waals surface area contributed by atoms with Crippen LogP contribution in [0, 0.1) is 0 Å². The first-order valence-corrected chi connectivity index (χ1v) is 10.4. The zero-order valence-electron chi connectivity index (χ0n) is 17.6. The van der Waals surface area contributed by atoms with Crippen LogP contribution >= 0.6 is 0 Å². The van der Waals surface area contributed by atoms with E-state index in [0.29, 0.717) is 17.6 Å². The predicted octanol–water partition coefficient (Wildman–Crippen LogP) is 2.69. The van der Waals surface area contributed by atoms with Gasteiger partial charge in [-0.3, -0.25) is 14.0 Å². The monoisotopic (exact) mass is 458 g/mol. The van der Waals surface area contributed by atoms with E-state index in [1.54, 1.807) is 24.0 Å². The molecule has 1 aliphatic heterocycles. The Bertz CT molecular complexity index is 1360. The van der Waals surface area contributed by atoms with Crippen LogP contribution in [0.4, 0.5) is 19.1 Å².